The molecule has 0 aliphatic rings. The second-order valence-corrected chi connectivity index (χ2v) is 10.4. The molecule has 4 aromatic rings. The summed E-state index contributed by atoms with van der Waals surface area (Å²) in [5, 5.41) is 0.992. The Kier molecular flexibility index (Phi) is 5.96. The van der Waals surface area contributed by atoms with Gasteiger partial charge in [-0.05, 0) is 47.2 Å². The molecular weight excluding hydrogens is 496 g/mol. The van der Waals surface area contributed by atoms with E-state index in [1.807, 2.05) is 0 Å². The highest BCUT2D eigenvalue weighted by atomic mass is 32.2. The summed E-state index contributed by atoms with van der Waals surface area (Å²) in [4.78, 5) is -1.75. The van der Waals surface area contributed by atoms with Gasteiger partial charge in [-0.3, -0.25) is 9.44 Å². The molecule has 176 valence electrons. The number of hydrogen-bond donors (Lipinski definition) is 2. The molecule has 0 spiro atoms. The van der Waals surface area contributed by atoms with E-state index in [0.29, 0.717) is 35.0 Å². The van der Waals surface area contributed by atoms with Crippen molar-refractivity contribution in [1.82, 2.24) is 0 Å². The van der Waals surface area contributed by atoms with Gasteiger partial charge in [0, 0.05) is 12.1 Å². The number of halogens is 4. The van der Waals surface area contributed by atoms with Gasteiger partial charge in [-0.1, -0.05) is 24.3 Å². The summed E-state index contributed by atoms with van der Waals surface area (Å²) in [5.41, 5.74) is -0.623. The predicted octanol–water partition coefficient (Wildman–Crippen LogP) is 5.00. The van der Waals surface area contributed by atoms with Crippen LogP contribution in [0.2, 0.25) is 0 Å². The molecule has 0 atom stereocenters. The van der Waals surface area contributed by atoms with Gasteiger partial charge >= 0.3 is 0 Å². The third-order valence-corrected chi connectivity index (χ3v) is 7.54. The van der Waals surface area contributed by atoms with Gasteiger partial charge in [0.1, 0.15) is 33.1 Å². The summed E-state index contributed by atoms with van der Waals surface area (Å²) in [6.45, 7) is 0. The molecule has 0 bridgehead atoms. The van der Waals surface area contributed by atoms with Gasteiger partial charge in [0.05, 0.1) is 11.4 Å². The van der Waals surface area contributed by atoms with Crippen LogP contribution < -0.4 is 9.44 Å². The molecule has 0 aliphatic heterocycles. The Hall–Kier alpha value is -3.64. The molecule has 0 unspecified atom stereocenters. The van der Waals surface area contributed by atoms with Crippen molar-refractivity contribution in [2.75, 3.05) is 9.44 Å². The molecule has 4 aromatic carbocycles. The van der Waals surface area contributed by atoms with E-state index in [1.165, 1.54) is 12.1 Å². The maximum atomic E-state index is 14.1. The largest absolute Gasteiger partial charge is 0.277 e. The minimum absolute atomic E-state index is 0.312. The molecular formula is C22H14F4N2O4S2. The Morgan fingerprint density at radius 1 is 0.529 bits per heavy atom. The summed E-state index contributed by atoms with van der Waals surface area (Å²) in [7, 11) is -9.27. The quantitative estimate of drug-likeness (QED) is 0.357. The third kappa shape index (κ3) is 4.68. The van der Waals surface area contributed by atoms with E-state index in [9.17, 15) is 34.4 Å². The van der Waals surface area contributed by atoms with E-state index in [2.05, 4.69) is 9.44 Å². The Morgan fingerprint density at radius 2 is 0.912 bits per heavy atom. The van der Waals surface area contributed by atoms with E-state index in [4.69, 9.17) is 0 Å². The number of anilines is 2. The first-order valence-corrected chi connectivity index (χ1v) is 12.4. The number of benzene rings is 4. The highest BCUT2D eigenvalue weighted by Gasteiger charge is 2.25. The van der Waals surface area contributed by atoms with Crippen LogP contribution in [0.3, 0.4) is 0 Å². The third-order valence-electron chi connectivity index (χ3n) is 4.74. The fourth-order valence-corrected chi connectivity index (χ4v) is 5.46. The normalized spacial score (nSPS) is 12.0. The number of fused-ring (bicyclic) bond motifs is 1. The molecule has 0 aliphatic carbocycles. The molecule has 12 heteroatoms. The minimum Gasteiger partial charge on any atom is -0.277 e. The van der Waals surface area contributed by atoms with Crippen molar-refractivity contribution in [1.29, 1.82) is 0 Å². The molecule has 2 N–H and O–H groups in total. The van der Waals surface area contributed by atoms with Gasteiger partial charge in [0.2, 0.25) is 0 Å². The fraction of sp³-hybridized carbons (Fsp3) is 0. The predicted molar refractivity (Wildman–Crippen MR) is 118 cm³/mol. The second kappa shape index (κ2) is 8.61. The number of rotatable bonds is 6. The van der Waals surface area contributed by atoms with Gasteiger partial charge in [-0.15, -0.1) is 0 Å². The number of sulfonamides is 2. The first kappa shape index (κ1) is 23.5. The molecule has 0 aromatic heterocycles. The van der Waals surface area contributed by atoms with Gasteiger partial charge in [0.15, 0.2) is 0 Å². The molecule has 0 fully saturated rings. The number of hydrogen-bond acceptors (Lipinski definition) is 4. The zero-order chi connectivity index (χ0) is 24.7. The first-order chi connectivity index (χ1) is 16.0. The van der Waals surface area contributed by atoms with Crippen LogP contribution >= 0.6 is 0 Å². The van der Waals surface area contributed by atoms with Gasteiger partial charge in [-0.2, -0.15) is 0 Å². The van der Waals surface area contributed by atoms with E-state index in [1.54, 1.807) is 24.3 Å². The monoisotopic (exact) mass is 510 g/mol. The van der Waals surface area contributed by atoms with Crippen molar-refractivity contribution in [2.45, 2.75) is 9.79 Å². The van der Waals surface area contributed by atoms with Crippen molar-refractivity contribution >= 4 is 42.2 Å². The molecule has 34 heavy (non-hydrogen) atoms. The smallest absolute Gasteiger partial charge is 0.264 e. The molecule has 0 amide bonds. The van der Waals surface area contributed by atoms with Crippen molar-refractivity contribution in [3.63, 3.8) is 0 Å². The van der Waals surface area contributed by atoms with E-state index in [0.717, 1.165) is 12.1 Å². The standard InChI is InChI=1S/C22H14F4N2O4S2/c23-15-5-7-21(17(25)11-15)33(29,30)27-19-9-13-3-1-2-4-14(13)10-20(19)28-34(31,32)22-8-6-16(24)12-18(22)26/h1-12,27-28H. The Labute approximate surface area is 192 Å². The Bertz CT molecular complexity index is 1520. The van der Waals surface area contributed by atoms with Crippen molar-refractivity contribution in [3.8, 4) is 0 Å². The van der Waals surface area contributed by atoms with Crippen LogP contribution in [0.15, 0.2) is 82.6 Å². The summed E-state index contributed by atoms with van der Waals surface area (Å²) < 4.78 is 110. The summed E-state index contributed by atoms with van der Waals surface area (Å²) in [6.07, 6.45) is 0. The molecule has 0 heterocycles. The molecule has 0 radical (unpaired) electrons. The highest BCUT2D eigenvalue weighted by molar-refractivity contribution is 7.93. The van der Waals surface area contributed by atoms with Crippen LogP contribution in [-0.4, -0.2) is 16.8 Å². The first-order valence-electron chi connectivity index (χ1n) is 9.45. The summed E-state index contributed by atoms with van der Waals surface area (Å²) in [6, 6.07) is 12.8. The average Bonchev–Trinajstić information content (AvgIpc) is 2.73. The lowest BCUT2D eigenvalue weighted by molar-refractivity contribution is 0.549. The average molecular weight is 510 g/mol. The maximum Gasteiger partial charge on any atom is 0.264 e. The molecule has 0 saturated heterocycles. The molecule has 4 rings (SSSR count). The van der Waals surface area contributed by atoms with Crippen LogP contribution in [0.25, 0.3) is 10.8 Å². The van der Waals surface area contributed by atoms with Gasteiger partial charge < -0.3 is 0 Å². The Balaban J connectivity index is 1.82. The summed E-state index contributed by atoms with van der Waals surface area (Å²) >= 11 is 0. The van der Waals surface area contributed by atoms with E-state index < -0.39 is 53.1 Å². The van der Waals surface area contributed by atoms with Crippen molar-refractivity contribution in [2.24, 2.45) is 0 Å². The highest BCUT2D eigenvalue weighted by Crippen LogP contribution is 2.33. The SMILES string of the molecule is O=S(=O)(Nc1cc2ccccc2cc1NS(=O)(=O)c1ccc(F)cc1F)c1ccc(F)cc1F. The summed E-state index contributed by atoms with van der Waals surface area (Å²) in [5.74, 6) is -4.69. The minimum atomic E-state index is -4.64. The van der Waals surface area contributed by atoms with Crippen LogP contribution in [0.1, 0.15) is 0 Å². The number of nitrogens with one attached hydrogen (secondary N) is 2. The second-order valence-electron chi connectivity index (χ2n) is 7.11. The van der Waals surface area contributed by atoms with E-state index in [-0.39, 0.29) is 11.4 Å². The van der Waals surface area contributed by atoms with Crippen LogP contribution in [0.5, 0.6) is 0 Å². The molecule has 0 saturated carbocycles. The maximum absolute atomic E-state index is 14.1. The van der Waals surface area contributed by atoms with Crippen molar-refractivity contribution in [3.05, 3.63) is 96.1 Å². The van der Waals surface area contributed by atoms with Gasteiger partial charge in [0.25, 0.3) is 20.0 Å². The van der Waals surface area contributed by atoms with Crippen LogP contribution in [-0.2, 0) is 20.0 Å². The Morgan fingerprint density at radius 3 is 1.26 bits per heavy atom. The lowest BCUT2D eigenvalue weighted by atomic mass is 10.1. The van der Waals surface area contributed by atoms with Crippen LogP contribution in [0, 0.1) is 23.3 Å². The fourth-order valence-electron chi connectivity index (χ4n) is 3.19. The van der Waals surface area contributed by atoms with Crippen LogP contribution in [0.4, 0.5) is 28.9 Å². The topological polar surface area (TPSA) is 92.3 Å². The lowest BCUT2D eigenvalue weighted by Gasteiger charge is -2.16. The lowest BCUT2D eigenvalue weighted by Crippen LogP contribution is -2.19. The van der Waals surface area contributed by atoms with E-state index >= 15 is 0 Å². The molecule has 6 nitrogen and oxygen atoms in total. The van der Waals surface area contributed by atoms with Gasteiger partial charge in [-0.25, -0.2) is 34.4 Å². The zero-order valence-corrected chi connectivity index (χ0v) is 18.5. The van der Waals surface area contributed by atoms with Crippen molar-refractivity contribution < 1.29 is 34.4 Å². The zero-order valence-electron chi connectivity index (χ0n) is 16.9.